The summed E-state index contributed by atoms with van der Waals surface area (Å²) in [7, 11) is 0. The van der Waals surface area contributed by atoms with Gasteiger partial charge in [0.05, 0.1) is 15.9 Å². The first-order chi connectivity index (χ1) is 10.1. The first-order valence-corrected chi connectivity index (χ1v) is 6.73. The number of carboxylic acid groups (broad SMARTS) is 1. The Morgan fingerprint density at radius 2 is 1.91 bits per heavy atom. The Morgan fingerprint density at radius 1 is 1.32 bits per heavy atom. The summed E-state index contributed by atoms with van der Waals surface area (Å²) in [6.07, 6.45) is -3.93. The Balaban J connectivity index is 1.74. The molecular formula is C13H10ClF3N2O3. The molecule has 3 saturated carbocycles. The number of rotatable bonds is 3. The molecule has 1 aromatic heterocycles. The molecule has 1 aromatic rings. The first-order valence-electron chi connectivity index (χ1n) is 6.36. The number of carbonyl (C=O) groups excluding carboxylic acids is 1. The molecule has 2 N–H and O–H groups in total. The molecule has 0 radical (unpaired) electrons. The summed E-state index contributed by atoms with van der Waals surface area (Å²) in [6, 6.07) is 1.12. The summed E-state index contributed by atoms with van der Waals surface area (Å²) in [5.74, 6) is -2.18. The van der Waals surface area contributed by atoms with E-state index in [9.17, 15) is 22.8 Å². The predicted octanol–water partition coefficient (Wildman–Crippen LogP) is 3.10. The molecule has 118 valence electrons. The van der Waals surface area contributed by atoms with E-state index in [0.717, 1.165) is 12.3 Å². The van der Waals surface area contributed by atoms with Crippen molar-refractivity contribution in [2.45, 2.75) is 25.4 Å². The molecular weight excluding hydrogens is 325 g/mol. The molecule has 9 heteroatoms. The minimum Gasteiger partial charge on any atom is -0.478 e. The van der Waals surface area contributed by atoms with Crippen molar-refractivity contribution in [3.05, 3.63) is 22.8 Å². The van der Waals surface area contributed by atoms with Gasteiger partial charge in [-0.3, -0.25) is 4.79 Å². The minimum absolute atomic E-state index is 0.0805. The quantitative estimate of drug-likeness (QED) is 0.890. The van der Waals surface area contributed by atoms with Crippen molar-refractivity contribution in [3.8, 4) is 0 Å². The van der Waals surface area contributed by atoms with Crippen LogP contribution in [0.4, 0.5) is 19.0 Å². The number of anilines is 1. The fourth-order valence-electron chi connectivity index (χ4n) is 3.27. The van der Waals surface area contributed by atoms with Crippen molar-refractivity contribution in [2.75, 3.05) is 5.32 Å². The Kier molecular flexibility index (Phi) is 2.98. The second-order valence-corrected chi connectivity index (χ2v) is 6.33. The molecule has 5 nitrogen and oxygen atoms in total. The van der Waals surface area contributed by atoms with Gasteiger partial charge in [-0.05, 0) is 25.3 Å². The first kappa shape index (κ1) is 15.1. The summed E-state index contributed by atoms with van der Waals surface area (Å²) in [5.41, 5.74) is -3.11. The zero-order valence-electron chi connectivity index (χ0n) is 11.0. The van der Waals surface area contributed by atoms with Crippen LogP contribution in [0, 0.1) is 10.8 Å². The van der Waals surface area contributed by atoms with Gasteiger partial charge in [0, 0.05) is 6.20 Å². The van der Waals surface area contributed by atoms with Gasteiger partial charge in [0.2, 0.25) is 5.91 Å². The summed E-state index contributed by atoms with van der Waals surface area (Å²) < 4.78 is 38.3. The van der Waals surface area contributed by atoms with Crippen molar-refractivity contribution in [2.24, 2.45) is 10.8 Å². The fraction of sp³-hybridized carbons (Fsp3) is 0.462. The smallest absolute Gasteiger partial charge is 0.394 e. The molecule has 0 atom stereocenters. The molecule has 3 fully saturated rings. The summed E-state index contributed by atoms with van der Waals surface area (Å²) in [4.78, 5) is 26.9. The third-order valence-corrected chi connectivity index (χ3v) is 4.64. The van der Waals surface area contributed by atoms with Crippen LogP contribution in [-0.2, 0) is 4.79 Å². The normalized spacial score (nSPS) is 29.3. The van der Waals surface area contributed by atoms with Gasteiger partial charge in [-0.2, -0.15) is 13.2 Å². The van der Waals surface area contributed by atoms with Crippen molar-refractivity contribution < 1.29 is 27.9 Å². The molecule has 22 heavy (non-hydrogen) atoms. The van der Waals surface area contributed by atoms with E-state index in [1.807, 2.05) is 0 Å². The van der Waals surface area contributed by atoms with Crippen LogP contribution < -0.4 is 5.32 Å². The summed E-state index contributed by atoms with van der Waals surface area (Å²) in [5, 5.41) is 11.4. The van der Waals surface area contributed by atoms with E-state index in [4.69, 9.17) is 16.7 Å². The molecule has 3 aliphatic rings. The molecule has 4 rings (SSSR count). The van der Waals surface area contributed by atoms with Crippen LogP contribution >= 0.6 is 11.6 Å². The number of halogens is 4. The van der Waals surface area contributed by atoms with Gasteiger partial charge in [-0.1, -0.05) is 11.6 Å². The molecule has 0 aliphatic heterocycles. The van der Waals surface area contributed by atoms with Crippen molar-refractivity contribution >= 4 is 29.3 Å². The summed E-state index contributed by atoms with van der Waals surface area (Å²) >= 11 is 5.64. The van der Waals surface area contributed by atoms with Gasteiger partial charge >= 0.3 is 12.1 Å². The van der Waals surface area contributed by atoms with E-state index in [1.54, 1.807) is 0 Å². The minimum atomic E-state index is -4.31. The molecule has 0 aromatic carbocycles. The van der Waals surface area contributed by atoms with Gasteiger partial charge in [0.15, 0.2) is 0 Å². The average molecular weight is 335 g/mol. The van der Waals surface area contributed by atoms with Crippen LogP contribution in [-0.4, -0.2) is 28.1 Å². The van der Waals surface area contributed by atoms with E-state index in [2.05, 4.69) is 10.3 Å². The SMILES string of the molecule is O=C(O)c1cc(Cl)cnc1NC(=O)C12CC(C(F)(F)F)(C1)C2. The molecule has 0 unspecified atom stereocenters. The zero-order chi connectivity index (χ0) is 16.3. The number of aromatic nitrogens is 1. The van der Waals surface area contributed by atoms with Crippen LogP contribution in [0.1, 0.15) is 29.6 Å². The lowest BCUT2D eigenvalue weighted by molar-refractivity contribution is -0.349. The topological polar surface area (TPSA) is 79.3 Å². The highest BCUT2D eigenvalue weighted by molar-refractivity contribution is 6.31. The molecule has 1 amide bonds. The van der Waals surface area contributed by atoms with E-state index < -0.39 is 28.9 Å². The fourth-order valence-corrected chi connectivity index (χ4v) is 3.43. The number of carboxylic acids is 1. The van der Waals surface area contributed by atoms with E-state index in [1.165, 1.54) is 0 Å². The summed E-state index contributed by atoms with van der Waals surface area (Å²) in [6.45, 7) is 0. The van der Waals surface area contributed by atoms with Crippen molar-refractivity contribution in [1.29, 1.82) is 0 Å². The van der Waals surface area contributed by atoms with Crippen LogP contribution in [0.3, 0.4) is 0 Å². The third-order valence-electron chi connectivity index (χ3n) is 4.43. The lowest BCUT2D eigenvalue weighted by atomic mass is 9.34. The van der Waals surface area contributed by atoms with Gasteiger partial charge in [-0.25, -0.2) is 9.78 Å². The number of hydrogen-bond acceptors (Lipinski definition) is 3. The highest BCUT2D eigenvalue weighted by Crippen LogP contribution is 2.78. The van der Waals surface area contributed by atoms with Gasteiger partial charge in [-0.15, -0.1) is 0 Å². The number of pyridine rings is 1. The van der Waals surface area contributed by atoms with Gasteiger partial charge in [0.1, 0.15) is 11.4 Å². The van der Waals surface area contributed by atoms with E-state index in [-0.39, 0.29) is 35.7 Å². The second kappa shape index (κ2) is 4.34. The zero-order valence-corrected chi connectivity index (χ0v) is 11.8. The molecule has 0 spiro atoms. The van der Waals surface area contributed by atoms with Crippen molar-refractivity contribution in [1.82, 2.24) is 4.98 Å². The van der Waals surface area contributed by atoms with Crippen LogP contribution in [0.25, 0.3) is 0 Å². The number of amides is 1. The maximum atomic E-state index is 12.8. The Labute approximate surface area is 127 Å². The number of hydrogen-bond donors (Lipinski definition) is 2. The largest absolute Gasteiger partial charge is 0.478 e. The van der Waals surface area contributed by atoms with Crippen LogP contribution in [0.15, 0.2) is 12.3 Å². The Morgan fingerprint density at radius 3 is 2.41 bits per heavy atom. The van der Waals surface area contributed by atoms with E-state index >= 15 is 0 Å². The number of carbonyl (C=O) groups is 2. The predicted molar refractivity (Wildman–Crippen MR) is 69.6 cm³/mol. The van der Waals surface area contributed by atoms with Gasteiger partial charge < -0.3 is 10.4 Å². The standard InChI is InChI=1S/C13H10ClF3N2O3/c14-6-1-7(9(20)21)8(18-2-6)19-10(22)11-3-12(4-11,5-11)13(15,16)17/h1-2H,3-5H2,(H,20,21)(H,18,19,22). The van der Waals surface area contributed by atoms with Crippen LogP contribution in [0.2, 0.25) is 5.02 Å². The maximum absolute atomic E-state index is 12.8. The maximum Gasteiger partial charge on any atom is 0.394 e. The molecule has 1 heterocycles. The molecule has 2 bridgehead atoms. The van der Waals surface area contributed by atoms with Crippen molar-refractivity contribution in [3.63, 3.8) is 0 Å². The lowest BCUT2D eigenvalue weighted by Crippen LogP contribution is -2.71. The Hall–Kier alpha value is -1.83. The Bertz CT molecular complexity index is 670. The number of aromatic carboxylic acids is 1. The number of alkyl halides is 3. The third kappa shape index (κ3) is 1.97. The van der Waals surface area contributed by atoms with Crippen LogP contribution in [0.5, 0.6) is 0 Å². The van der Waals surface area contributed by atoms with E-state index in [0.29, 0.717) is 0 Å². The molecule has 0 saturated heterocycles. The monoisotopic (exact) mass is 334 g/mol. The highest BCUT2D eigenvalue weighted by Gasteiger charge is 2.80. The second-order valence-electron chi connectivity index (χ2n) is 5.90. The number of nitrogens with one attached hydrogen (secondary N) is 1. The number of nitrogens with zero attached hydrogens (tertiary/aromatic N) is 1. The van der Waals surface area contributed by atoms with Gasteiger partial charge in [0.25, 0.3) is 0 Å². The lowest BCUT2D eigenvalue weighted by Gasteiger charge is -2.68. The highest BCUT2D eigenvalue weighted by atomic mass is 35.5. The average Bonchev–Trinajstić information content (AvgIpc) is 2.25. The molecule has 3 aliphatic carbocycles.